The number of hydrogen-bond acceptors (Lipinski definition) is 3. The predicted molar refractivity (Wildman–Crippen MR) is 97.4 cm³/mol. The lowest BCUT2D eigenvalue weighted by molar-refractivity contribution is -0.123. The fraction of sp³-hybridized carbons (Fsp3) is 0.947. The van der Waals surface area contributed by atoms with E-state index in [1.165, 1.54) is 38.5 Å². The Hall–Kier alpha value is -0.620. The second-order valence-corrected chi connectivity index (χ2v) is 11.3. The lowest BCUT2D eigenvalue weighted by atomic mass is 9.49. The third-order valence-electron chi connectivity index (χ3n) is 7.09. The molecule has 0 radical (unpaired) electrons. The average molecular weight is 369 g/mol. The van der Waals surface area contributed by atoms with E-state index in [1.807, 2.05) is 0 Å². The molecule has 5 nitrogen and oxygen atoms in total. The van der Waals surface area contributed by atoms with E-state index < -0.39 is 10.0 Å². The molecule has 5 fully saturated rings. The minimum Gasteiger partial charge on any atom is -0.356 e. The van der Waals surface area contributed by atoms with Crippen LogP contribution in [-0.4, -0.2) is 44.0 Å². The molecule has 0 aromatic rings. The lowest BCUT2D eigenvalue weighted by Gasteiger charge is -2.56. The van der Waals surface area contributed by atoms with Crippen molar-refractivity contribution in [2.45, 2.75) is 64.2 Å². The smallest absolute Gasteiger partial charge is 0.220 e. The summed E-state index contributed by atoms with van der Waals surface area (Å²) in [6.45, 7) is 2.12. The molecule has 1 aliphatic heterocycles. The van der Waals surface area contributed by atoms with Crippen LogP contribution in [0.4, 0.5) is 0 Å². The Morgan fingerprint density at radius 2 is 1.56 bits per heavy atom. The average Bonchev–Trinajstić information content (AvgIpc) is 3.07. The van der Waals surface area contributed by atoms with Crippen LogP contribution in [0.25, 0.3) is 0 Å². The predicted octanol–water partition coefficient (Wildman–Crippen LogP) is 2.52. The Balaban J connectivity index is 1.21. The first kappa shape index (κ1) is 17.8. The van der Waals surface area contributed by atoms with Gasteiger partial charge in [0.1, 0.15) is 0 Å². The summed E-state index contributed by atoms with van der Waals surface area (Å²) in [7, 11) is -3.15. The van der Waals surface area contributed by atoms with Crippen LogP contribution in [0.15, 0.2) is 0 Å². The number of nitrogens with one attached hydrogen (secondary N) is 1. The maximum Gasteiger partial charge on any atom is 0.220 e. The fourth-order valence-corrected chi connectivity index (χ4v) is 7.97. The Bertz CT molecular complexity index is 575. The van der Waals surface area contributed by atoms with Gasteiger partial charge in [0.15, 0.2) is 0 Å². The van der Waals surface area contributed by atoms with Gasteiger partial charge < -0.3 is 5.32 Å². The third-order valence-corrected chi connectivity index (χ3v) is 9.05. The van der Waals surface area contributed by atoms with Crippen LogP contribution >= 0.6 is 0 Å². The SMILES string of the molecule is O=C(CCCS(=O)(=O)N1CCCC1)NCC12CC3CC(CC(C3)C1)C2. The molecule has 0 spiro atoms. The van der Waals surface area contributed by atoms with Crippen LogP contribution in [0, 0.1) is 23.2 Å². The molecule has 5 aliphatic rings. The summed E-state index contributed by atoms with van der Waals surface area (Å²) in [6.07, 6.45) is 10.8. The molecular weight excluding hydrogens is 336 g/mol. The van der Waals surface area contributed by atoms with Gasteiger partial charge in [-0.3, -0.25) is 4.79 Å². The molecule has 0 aromatic carbocycles. The zero-order valence-corrected chi connectivity index (χ0v) is 16.0. The van der Waals surface area contributed by atoms with Crippen molar-refractivity contribution in [3.05, 3.63) is 0 Å². The number of amides is 1. The van der Waals surface area contributed by atoms with Gasteiger partial charge in [0.2, 0.25) is 15.9 Å². The van der Waals surface area contributed by atoms with E-state index in [0.717, 1.165) is 37.1 Å². The van der Waals surface area contributed by atoms with E-state index in [2.05, 4.69) is 5.32 Å². The molecule has 142 valence electrons. The van der Waals surface area contributed by atoms with Crippen molar-refractivity contribution >= 4 is 15.9 Å². The van der Waals surface area contributed by atoms with Gasteiger partial charge in [-0.15, -0.1) is 0 Å². The van der Waals surface area contributed by atoms with Crippen molar-refractivity contribution in [1.29, 1.82) is 0 Å². The maximum atomic E-state index is 12.2. The number of rotatable bonds is 7. The van der Waals surface area contributed by atoms with Gasteiger partial charge in [-0.1, -0.05) is 0 Å². The quantitative estimate of drug-likeness (QED) is 0.751. The van der Waals surface area contributed by atoms with E-state index in [-0.39, 0.29) is 11.7 Å². The van der Waals surface area contributed by atoms with Crippen LogP contribution in [0.1, 0.15) is 64.2 Å². The first-order valence-electron chi connectivity index (χ1n) is 10.2. The molecule has 0 unspecified atom stereocenters. The van der Waals surface area contributed by atoms with Gasteiger partial charge in [-0.25, -0.2) is 12.7 Å². The van der Waals surface area contributed by atoms with Crippen LogP contribution < -0.4 is 5.32 Å². The maximum absolute atomic E-state index is 12.2. The molecule has 1 amide bonds. The van der Waals surface area contributed by atoms with Crippen LogP contribution in [-0.2, 0) is 14.8 Å². The van der Waals surface area contributed by atoms with Gasteiger partial charge >= 0.3 is 0 Å². The van der Waals surface area contributed by atoms with E-state index >= 15 is 0 Å². The van der Waals surface area contributed by atoms with Gasteiger partial charge in [0, 0.05) is 26.1 Å². The number of hydrogen-bond donors (Lipinski definition) is 1. The number of sulfonamides is 1. The summed E-state index contributed by atoms with van der Waals surface area (Å²) in [6, 6.07) is 0. The Morgan fingerprint density at radius 3 is 2.12 bits per heavy atom. The monoisotopic (exact) mass is 368 g/mol. The topological polar surface area (TPSA) is 66.5 Å². The Labute approximate surface area is 152 Å². The minimum atomic E-state index is -3.15. The molecule has 4 bridgehead atoms. The van der Waals surface area contributed by atoms with Crippen LogP contribution in [0.5, 0.6) is 0 Å². The lowest BCUT2D eigenvalue weighted by Crippen LogP contribution is -2.51. The highest BCUT2D eigenvalue weighted by Crippen LogP contribution is 2.59. The van der Waals surface area contributed by atoms with Crippen LogP contribution in [0.3, 0.4) is 0 Å². The van der Waals surface area contributed by atoms with Crippen LogP contribution in [0.2, 0.25) is 0 Å². The molecule has 4 saturated carbocycles. The van der Waals surface area contributed by atoms with Gasteiger partial charge in [0.05, 0.1) is 5.75 Å². The van der Waals surface area contributed by atoms with Crippen molar-refractivity contribution in [3.8, 4) is 0 Å². The largest absolute Gasteiger partial charge is 0.356 e. The third kappa shape index (κ3) is 3.90. The summed E-state index contributed by atoms with van der Waals surface area (Å²) < 4.78 is 26.0. The standard InChI is InChI=1S/C19H32N2O3S/c22-18(4-3-7-25(23,24)21-5-1-2-6-21)20-14-19-11-15-8-16(12-19)10-17(9-15)13-19/h15-17H,1-14H2,(H,20,22). The molecule has 0 aromatic heterocycles. The first-order valence-corrected chi connectivity index (χ1v) is 11.8. The second kappa shape index (κ2) is 6.84. The van der Waals surface area contributed by atoms with E-state index in [1.54, 1.807) is 4.31 Å². The van der Waals surface area contributed by atoms with E-state index in [4.69, 9.17) is 0 Å². The molecule has 1 N–H and O–H groups in total. The molecule has 25 heavy (non-hydrogen) atoms. The molecule has 4 aliphatic carbocycles. The summed E-state index contributed by atoms with van der Waals surface area (Å²) in [5, 5.41) is 3.15. The van der Waals surface area contributed by atoms with Gasteiger partial charge in [-0.2, -0.15) is 0 Å². The summed E-state index contributed by atoms with van der Waals surface area (Å²) in [5.74, 6) is 2.83. The van der Waals surface area contributed by atoms with Crippen molar-refractivity contribution in [2.24, 2.45) is 23.2 Å². The highest BCUT2D eigenvalue weighted by atomic mass is 32.2. The highest BCUT2D eigenvalue weighted by molar-refractivity contribution is 7.89. The zero-order chi connectivity index (χ0) is 17.5. The van der Waals surface area contributed by atoms with E-state index in [0.29, 0.717) is 31.3 Å². The second-order valence-electron chi connectivity index (χ2n) is 9.22. The molecular formula is C19H32N2O3S. The first-order chi connectivity index (χ1) is 11.9. The number of carbonyl (C=O) groups excluding carboxylic acids is 1. The molecule has 6 heteroatoms. The summed E-state index contributed by atoms with van der Waals surface area (Å²) >= 11 is 0. The molecule has 1 heterocycles. The van der Waals surface area contributed by atoms with Gasteiger partial charge in [-0.05, 0) is 81.0 Å². The van der Waals surface area contributed by atoms with E-state index in [9.17, 15) is 13.2 Å². The molecule has 1 saturated heterocycles. The molecule has 0 atom stereocenters. The highest BCUT2D eigenvalue weighted by Gasteiger charge is 2.50. The minimum absolute atomic E-state index is 0.0346. The zero-order valence-electron chi connectivity index (χ0n) is 15.2. The Morgan fingerprint density at radius 1 is 1.00 bits per heavy atom. The van der Waals surface area contributed by atoms with Crippen molar-refractivity contribution in [1.82, 2.24) is 9.62 Å². The van der Waals surface area contributed by atoms with Crippen molar-refractivity contribution in [2.75, 3.05) is 25.4 Å². The molecule has 5 rings (SSSR count). The number of carbonyl (C=O) groups is 1. The summed E-state index contributed by atoms with van der Waals surface area (Å²) in [5.41, 5.74) is 0.353. The van der Waals surface area contributed by atoms with Crippen molar-refractivity contribution in [3.63, 3.8) is 0 Å². The fourth-order valence-electron chi connectivity index (χ4n) is 6.39. The van der Waals surface area contributed by atoms with Crippen molar-refractivity contribution < 1.29 is 13.2 Å². The Kier molecular flexibility index (Phi) is 4.86. The summed E-state index contributed by atoms with van der Waals surface area (Å²) in [4.78, 5) is 12.2. The normalized spacial score (nSPS) is 37.5. The van der Waals surface area contributed by atoms with Gasteiger partial charge in [0.25, 0.3) is 0 Å². The number of nitrogens with zero attached hydrogens (tertiary/aromatic N) is 1.